The summed E-state index contributed by atoms with van der Waals surface area (Å²) in [6, 6.07) is 12.0. The molecule has 4 rings (SSSR count). The molecule has 0 saturated heterocycles. The summed E-state index contributed by atoms with van der Waals surface area (Å²) in [6.45, 7) is 2.23. The molecule has 10 heteroatoms. The van der Waals surface area contributed by atoms with Crippen LogP contribution in [0.25, 0.3) is 0 Å². The second kappa shape index (κ2) is 9.66. The number of aromatic nitrogens is 2. The number of benzene rings is 1. The monoisotopic (exact) mass is 468 g/mol. The second-order valence-corrected chi connectivity index (χ2v) is 7.68. The summed E-state index contributed by atoms with van der Waals surface area (Å²) in [4.78, 5) is 25.2. The van der Waals surface area contributed by atoms with Gasteiger partial charge in [0.25, 0.3) is 11.8 Å². The van der Waals surface area contributed by atoms with Crippen molar-refractivity contribution in [2.45, 2.75) is 20.1 Å². The Labute approximate surface area is 194 Å². The van der Waals surface area contributed by atoms with Crippen LogP contribution in [0.1, 0.15) is 38.1 Å². The van der Waals surface area contributed by atoms with Gasteiger partial charge in [-0.2, -0.15) is 5.10 Å². The number of carbonyl (C=O) groups is 2. The van der Waals surface area contributed by atoms with E-state index >= 15 is 0 Å². The van der Waals surface area contributed by atoms with Crippen molar-refractivity contribution in [3.8, 4) is 5.75 Å². The van der Waals surface area contributed by atoms with E-state index in [9.17, 15) is 9.59 Å². The highest BCUT2D eigenvalue weighted by atomic mass is 35.5. The van der Waals surface area contributed by atoms with E-state index in [1.807, 2.05) is 6.92 Å². The van der Waals surface area contributed by atoms with Crippen molar-refractivity contribution < 1.29 is 23.2 Å². The van der Waals surface area contributed by atoms with Crippen LogP contribution in [-0.4, -0.2) is 21.6 Å². The van der Waals surface area contributed by atoms with E-state index < -0.39 is 11.8 Å². The molecule has 3 heterocycles. The SMILES string of the molecule is Cc1cc(Cl)ccc1OCc1ccc(C(=O)Nc2cn(C)nc2C(=O)NCc2ccco2)o1. The molecule has 2 N–H and O–H groups in total. The molecule has 0 saturated carbocycles. The van der Waals surface area contributed by atoms with Gasteiger partial charge < -0.3 is 24.2 Å². The number of carbonyl (C=O) groups excluding carboxylic acids is 2. The van der Waals surface area contributed by atoms with Gasteiger partial charge in [0.15, 0.2) is 11.5 Å². The zero-order valence-corrected chi connectivity index (χ0v) is 18.7. The lowest BCUT2D eigenvalue weighted by molar-refractivity contribution is 0.0943. The van der Waals surface area contributed by atoms with Crippen LogP contribution in [0.2, 0.25) is 5.02 Å². The average molecular weight is 469 g/mol. The lowest BCUT2D eigenvalue weighted by atomic mass is 10.2. The third-order valence-corrected chi connectivity index (χ3v) is 4.92. The molecule has 2 amide bonds. The van der Waals surface area contributed by atoms with Crippen molar-refractivity contribution in [2.75, 3.05) is 5.32 Å². The zero-order valence-electron chi connectivity index (χ0n) is 17.9. The Hall–Kier alpha value is -3.98. The largest absolute Gasteiger partial charge is 0.485 e. The molecular weight excluding hydrogens is 448 g/mol. The maximum Gasteiger partial charge on any atom is 0.291 e. The zero-order chi connectivity index (χ0) is 23.4. The van der Waals surface area contributed by atoms with Crippen molar-refractivity contribution >= 4 is 29.1 Å². The molecule has 0 radical (unpaired) electrons. The number of hydrogen-bond acceptors (Lipinski definition) is 6. The fraction of sp³-hybridized carbons (Fsp3) is 0.174. The van der Waals surface area contributed by atoms with Crippen LogP contribution in [0.4, 0.5) is 5.69 Å². The molecule has 170 valence electrons. The molecule has 4 aromatic rings. The van der Waals surface area contributed by atoms with Crippen molar-refractivity contribution in [2.24, 2.45) is 7.05 Å². The summed E-state index contributed by atoms with van der Waals surface area (Å²) >= 11 is 5.96. The average Bonchev–Trinajstić information content (AvgIpc) is 3.53. The summed E-state index contributed by atoms with van der Waals surface area (Å²) in [7, 11) is 1.65. The number of hydrogen-bond donors (Lipinski definition) is 2. The number of rotatable bonds is 8. The summed E-state index contributed by atoms with van der Waals surface area (Å²) in [5, 5.41) is 10.1. The van der Waals surface area contributed by atoms with Crippen LogP contribution < -0.4 is 15.4 Å². The Morgan fingerprint density at radius 2 is 2.00 bits per heavy atom. The summed E-state index contributed by atoms with van der Waals surface area (Å²) < 4.78 is 18.0. The van der Waals surface area contributed by atoms with Crippen LogP contribution in [0.5, 0.6) is 5.75 Å². The first-order valence-electron chi connectivity index (χ1n) is 10.0. The summed E-state index contributed by atoms with van der Waals surface area (Å²) in [5.74, 6) is 0.849. The number of amides is 2. The highest BCUT2D eigenvalue weighted by Gasteiger charge is 2.20. The van der Waals surface area contributed by atoms with Gasteiger partial charge in [-0.05, 0) is 55.0 Å². The van der Waals surface area contributed by atoms with Gasteiger partial charge in [-0.25, -0.2) is 0 Å². The van der Waals surface area contributed by atoms with E-state index in [-0.39, 0.29) is 30.3 Å². The molecule has 0 bridgehead atoms. The number of anilines is 1. The minimum absolute atomic E-state index is 0.0748. The van der Waals surface area contributed by atoms with Crippen molar-refractivity contribution in [1.82, 2.24) is 15.1 Å². The smallest absolute Gasteiger partial charge is 0.291 e. The van der Waals surface area contributed by atoms with Crippen LogP contribution >= 0.6 is 11.6 Å². The normalized spacial score (nSPS) is 10.8. The van der Waals surface area contributed by atoms with Crippen LogP contribution in [-0.2, 0) is 20.2 Å². The maximum atomic E-state index is 12.7. The molecule has 9 nitrogen and oxygen atoms in total. The van der Waals surface area contributed by atoms with Gasteiger partial charge in [0.1, 0.15) is 23.9 Å². The standard InChI is InChI=1S/C23H21ClN4O5/c1-14-10-15(24)5-7-19(14)32-13-17-6-8-20(33-17)22(29)26-18-12-28(2)27-21(18)23(30)25-11-16-4-3-9-31-16/h3-10,12H,11,13H2,1-2H3,(H,25,30)(H,26,29). The molecule has 0 aliphatic heterocycles. The van der Waals surface area contributed by atoms with E-state index in [0.717, 1.165) is 5.56 Å². The van der Waals surface area contributed by atoms with Crippen molar-refractivity contribution in [3.05, 3.63) is 88.5 Å². The first-order valence-corrected chi connectivity index (χ1v) is 10.4. The topological polar surface area (TPSA) is 112 Å². The highest BCUT2D eigenvalue weighted by Crippen LogP contribution is 2.23. The van der Waals surface area contributed by atoms with Gasteiger partial charge >= 0.3 is 0 Å². The first kappa shape index (κ1) is 22.2. The second-order valence-electron chi connectivity index (χ2n) is 7.25. The number of furan rings is 2. The summed E-state index contributed by atoms with van der Waals surface area (Å²) in [5.41, 5.74) is 1.22. The van der Waals surface area contributed by atoms with Gasteiger partial charge in [0, 0.05) is 18.3 Å². The maximum absolute atomic E-state index is 12.7. The predicted molar refractivity (Wildman–Crippen MR) is 120 cm³/mol. The molecular formula is C23H21ClN4O5. The Bertz CT molecular complexity index is 1280. The van der Waals surface area contributed by atoms with Crippen LogP contribution in [0, 0.1) is 6.92 Å². The minimum Gasteiger partial charge on any atom is -0.485 e. The molecule has 0 aliphatic rings. The van der Waals surface area contributed by atoms with Crippen LogP contribution in [0.3, 0.4) is 0 Å². The number of ether oxygens (including phenoxy) is 1. The number of halogens is 1. The molecule has 3 aromatic heterocycles. The third-order valence-electron chi connectivity index (χ3n) is 4.69. The minimum atomic E-state index is -0.517. The van der Waals surface area contributed by atoms with Crippen molar-refractivity contribution in [3.63, 3.8) is 0 Å². The van der Waals surface area contributed by atoms with Crippen LogP contribution in [0.15, 0.2) is 63.8 Å². The van der Waals surface area contributed by atoms with E-state index in [1.165, 1.54) is 23.2 Å². The molecule has 1 aromatic carbocycles. The third kappa shape index (κ3) is 5.45. The van der Waals surface area contributed by atoms with E-state index in [1.54, 1.807) is 43.4 Å². The van der Waals surface area contributed by atoms with Gasteiger partial charge in [0.05, 0.1) is 18.5 Å². The molecule has 33 heavy (non-hydrogen) atoms. The lowest BCUT2D eigenvalue weighted by Gasteiger charge is -2.07. The molecule has 0 aliphatic carbocycles. The quantitative estimate of drug-likeness (QED) is 0.398. The number of aryl methyl sites for hydroxylation is 2. The van der Waals surface area contributed by atoms with Gasteiger partial charge in [-0.1, -0.05) is 11.6 Å². The number of nitrogens with one attached hydrogen (secondary N) is 2. The van der Waals surface area contributed by atoms with E-state index in [0.29, 0.717) is 22.3 Å². The Morgan fingerprint density at radius 3 is 2.76 bits per heavy atom. The molecule has 0 spiro atoms. The van der Waals surface area contributed by atoms with Gasteiger partial charge in [-0.15, -0.1) is 0 Å². The Kier molecular flexibility index (Phi) is 6.50. The Morgan fingerprint density at radius 1 is 1.15 bits per heavy atom. The molecule has 0 fully saturated rings. The predicted octanol–water partition coefficient (Wildman–Crippen LogP) is 4.33. The fourth-order valence-corrected chi connectivity index (χ4v) is 3.32. The lowest BCUT2D eigenvalue weighted by Crippen LogP contribution is -2.25. The number of nitrogens with zero attached hydrogens (tertiary/aromatic N) is 2. The fourth-order valence-electron chi connectivity index (χ4n) is 3.10. The van der Waals surface area contributed by atoms with E-state index in [2.05, 4.69) is 15.7 Å². The van der Waals surface area contributed by atoms with E-state index in [4.69, 9.17) is 25.2 Å². The van der Waals surface area contributed by atoms with Crippen molar-refractivity contribution in [1.29, 1.82) is 0 Å². The first-order chi connectivity index (χ1) is 15.9. The summed E-state index contributed by atoms with van der Waals surface area (Å²) in [6.07, 6.45) is 3.06. The molecule has 0 atom stereocenters. The highest BCUT2D eigenvalue weighted by molar-refractivity contribution is 6.30. The van der Waals surface area contributed by atoms with Gasteiger partial charge in [-0.3, -0.25) is 14.3 Å². The van der Waals surface area contributed by atoms with Gasteiger partial charge in [0.2, 0.25) is 0 Å². The molecule has 0 unspecified atom stereocenters. The Balaban J connectivity index is 1.38.